The summed E-state index contributed by atoms with van der Waals surface area (Å²) in [4.78, 5) is 12.3. The number of nitrogens with one attached hydrogen (secondary N) is 1. The number of halogens is 2. The monoisotopic (exact) mass is 386 g/mol. The van der Waals surface area contributed by atoms with E-state index in [-0.39, 0.29) is 23.0 Å². The minimum absolute atomic E-state index is 0.143. The average Bonchev–Trinajstić information content (AvgIpc) is 2.56. The number of amides is 1. The fourth-order valence-corrected chi connectivity index (χ4v) is 3.93. The molecule has 0 aliphatic heterocycles. The highest BCUT2D eigenvalue weighted by molar-refractivity contribution is 7.89. The van der Waals surface area contributed by atoms with Crippen molar-refractivity contribution in [2.75, 3.05) is 18.4 Å². The van der Waals surface area contributed by atoms with E-state index in [1.807, 2.05) is 0 Å². The molecule has 2 aromatic carbocycles. The minimum atomic E-state index is -3.74. The maximum Gasteiger partial charge on any atom is 0.243 e. The Balaban J connectivity index is 2.14. The molecule has 0 spiro atoms. The SMILES string of the molecule is CCN(CC(=O)Nc1ccc(Cl)cc1Cl)S(=O)(=O)c1ccccc1. The zero-order valence-corrected chi connectivity index (χ0v) is 15.2. The lowest BCUT2D eigenvalue weighted by Gasteiger charge is -2.20. The van der Waals surface area contributed by atoms with Crippen molar-refractivity contribution in [1.29, 1.82) is 0 Å². The standard InChI is InChI=1S/C16H16Cl2N2O3S/c1-2-20(24(22,23)13-6-4-3-5-7-13)11-16(21)19-15-9-8-12(17)10-14(15)18/h3-10H,2,11H2,1H3,(H,19,21). The summed E-state index contributed by atoms with van der Waals surface area (Å²) in [5, 5.41) is 3.32. The van der Waals surface area contributed by atoms with Crippen molar-refractivity contribution >= 4 is 44.8 Å². The van der Waals surface area contributed by atoms with Crippen LogP contribution in [-0.2, 0) is 14.8 Å². The number of sulfonamides is 1. The Kier molecular flexibility index (Phi) is 6.23. The fraction of sp³-hybridized carbons (Fsp3) is 0.188. The Labute approximate surface area is 151 Å². The molecular weight excluding hydrogens is 371 g/mol. The van der Waals surface area contributed by atoms with Crippen molar-refractivity contribution in [2.45, 2.75) is 11.8 Å². The van der Waals surface area contributed by atoms with Crippen LogP contribution in [0.4, 0.5) is 5.69 Å². The minimum Gasteiger partial charge on any atom is -0.324 e. The van der Waals surface area contributed by atoms with Crippen LogP contribution in [0.5, 0.6) is 0 Å². The molecule has 0 aliphatic carbocycles. The second-order valence-electron chi connectivity index (χ2n) is 4.92. The van der Waals surface area contributed by atoms with Crippen LogP contribution >= 0.6 is 23.2 Å². The Morgan fingerprint density at radius 3 is 2.38 bits per heavy atom. The van der Waals surface area contributed by atoms with E-state index in [1.54, 1.807) is 37.3 Å². The normalized spacial score (nSPS) is 11.5. The summed E-state index contributed by atoms with van der Waals surface area (Å²) >= 11 is 11.8. The summed E-state index contributed by atoms with van der Waals surface area (Å²) in [6.07, 6.45) is 0. The molecule has 0 heterocycles. The van der Waals surface area contributed by atoms with Gasteiger partial charge >= 0.3 is 0 Å². The van der Waals surface area contributed by atoms with Crippen molar-refractivity contribution in [2.24, 2.45) is 0 Å². The maximum atomic E-state index is 12.6. The van der Waals surface area contributed by atoms with Crippen LogP contribution in [0.25, 0.3) is 0 Å². The van der Waals surface area contributed by atoms with Gasteiger partial charge in [-0.3, -0.25) is 4.79 Å². The van der Waals surface area contributed by atoms with E-state index < -0.39 is 15.9 Å². The van der Waals surface area contributed by atoms with Crippen LogP contribution in [0.3, 0.4) is 0 Å². The highest BCUT2D eigenvalue weighted by Crippen LogP contribution is 2.25. The Morgan fingerprint density at radius 2 is 1.79 bits per heavy atom. The molecule has 0 bridgehead atoms. The van der Waals surface area contributed by atoms with Crippen LogP contribution < -0.4 is 5.32 Å². The number of nitrogens with zero attached hydrogens (tertiary/aromatic N) is 1. The van der Waals surface area contributed by atoms with Crippen molar-refractivity contribution in [3.8, 4) is 0 Å². The first-order chi connectivity index (χ1) is 11.3. The average molecular weight is 387 g/mol. The van der Waals surface area contributed by atoms with Gasteiger partial charge in [0.15, 0.2) is 0 Å². The van der Waals surface area contributed by atoms with Gasteiger partial charge in [0, 0.05) is 11.6 Å². The number of benzene rings is 2. The lowest BCUT2D eigenvalue weighted by molar-refractivity contribution is -0.116. The van der Waals surface area contributed by atoms with E-state index in [1.165, 1.54) is 18.2 Å². The summed E-state index contributed by atoms with van der Waals surface area (Å²) in [6, 6.07) is 12.6. The number of anilines is 1. The van der Waals surface area contributed by atoms with Gasteiger partial charge in [-0.1, -0.05) is 48.3 Å². The first-order valence-corrected chi connectivity index (χ1v) is 9.34. The number of carbonyl (C=O) groups excluding carboxylic acids is 1. The van der Waals surface area contributed by atoms with Gasteiger partial charge in [-0.2, -0.15) is 4.31 Å². The van der Waals surface area contributed by atoms with E-state index >= 15 is 0 Å². The third-order valence-electron chi connectivity index (χ3n) is 3.26. The van der Waals surface area contributed by atoms with Gasteiger partial charge in [-0.25, -0.2) is 8.42 Å². The molecule has 2 aromatic rings. The van der Waals surface area contributed by atoms with Crippen LogP contribution in [-0.4, -0.2) is 31.7 Å². The maximum absolute atomic E-state index is 12.6. The van der Waals surface area contributed by atoms with Gasteiger partial charge in [0.25, 0.3) is 0 Å². The molecule has 0 saturated carbocycles. The lowest BCUT2D eigenvalue weighted by atomic mass is 10.3. The Bertz CT molecular complexity index is 826. The third kappa shape index (κ3) is 4.48. The van der Waals surface area contributed by atoms with Crippen LogP contribution in [0, 0.1) is 0 Å². The number of hydrogen-bond donors (Lipinski definition) is 1. The van der Waals surface area contributed by atoms with Gasteiger partial charge in [-0.05, 0) is 30.3 Å². The first-order valence-electron chi connectivity index (χ1n) is 7.14. The predicted molar refractivity (Wildman–Crippen MR) is 96.0 cm³/mol. The summed E-state index contributed by atoms with van der Waals surface area (Å²) in [5.74, 6) is -0.486. The highest BCUT2D eigenvalue weighted by Gasteiger charge is 2.25. The molecule has 128 valence electrons. The number of carbonyl (C=O) groups is 1. The lowest BCUT2D eigenvalue weighted by Crippen LogP contribution is -2.37. The van der Waals surface area contributed by atoms with Crippen molar-refractivity contribution in [1.82, 2.24) is 4.31 Å². The first kappa shape index (κ1) is 18.7. The molecule has 0 unspecified atom stereocenters. The molecule has 8 heteroatoms. The molecule has 0 atom stereocenters. The number of likely N-dealkylation sites (N-methyl/N-ethyl adjacent to an activating group) is 1. The summed E-state index contributed by atoms with van der Waals surface area (Å²) in [7, 11) is -3.74. The van der Waals surface area contributed by atoms with Gasteiger partial charge in [0.1, 0.15) is 0 Å². The summed E-state index contributed by atoms with van der Waals surface area (Å²) < 4.78 is 26.2. The smallest absolute Gasteiger partial charge is 0.243 e. The largest absolute Gasteiger partial charge is 0.324 e. The van der Waals surface area contributed by atoms with Gasteiger partial charge in [-0.15, -0.1) is 0 Å². The van der Waals surface area contributed by atoms with Crippen LogP contribution in [0.1, 0.15) is 6.92 Å². The number of hydrogen-bond acceptors (Lipinski definition) is 3. The Hall–Kier alpha value is -1.60. The fourth-order valence-electron chi connectivity index (χ4n) is 2.05. The van der Waals surface area contributed by atoms with E-state index in [2.05, 4.69) is 5.32 Å². The molecule has 0 aromatic heterocycles. The quantitative estimate of drug-likeness (QED) is 0.823. The molecule has 1 amide bonds. The van der Waals surface area contributed by atoms with E-state index in [9.17, 15) is 13.2 Å². The van der Waals surface area contributed by atoms with Crippen LogP contribution in [0.15, 0.2) is 53.4 Å². The summed E-state index contributed by atoms with van der Waals surface area (Å²) in [6.45, 7) is 1.52. The molecule has 1 N–H and O–H groups in total. The Morgan fingerprint density at radius 1 is 1.12 bits per heavy atom. The molecule has 0 radical (unpaired) electrons. The second kappa shape index (κ2) is 7.98. The second-order valence-corrected chi connectivity index (χ2v) is 7.70. The predicted octanol–water partition coefficient (Wildman–Crippen LogP) is 3.64. The highest BCUT2D eigenvalue weighted by atomic mass is 35.5. The van der Waals surface area contributed by atoms with Gasteiger partial charge < -0.3 is 5.32 Å². The third-order valence-corrected chi connectivity index (χ3v) is 5.74. The summed E-state index contributed by atoms with van der Waals surface area (Å²) in [5.41, 5.74) is 0.374. The van der Waals surface area contributed by atoms with E-state index in [0.29, 0.717) is 10.7 Å². The molecule has 0 fully saturated rings. The van der Waals surface area contributed by atoms with Crippen molar-refractivity contribution in [3.05, 3.63) is 58.6 Å². The van der Waals surface area contributed by atoms with E-state index in [4.69, 9.17) is 23.2 Å². The molecule has 0 aliphatic rings. The number of rotatable bonds is 6. The molecule has 5 nitrogen and oxygen atoms in total. The van der Waals surface area contributed by atoms with Crippen molar-refractivity contribution < 1.29 is 13.2 Å². The van der Waals surface area contributed by atoms with Gasteiger partial charge in [0.2, 0.25) is 15.9 Å². The van der Waals surface area contributed by atoms with Crippen LogP contribution in [0.2, 0.25) is 10.0 Å². The zero-order valence-electron chi connectivity index (χ0n) is 12.9. The molecule has 2 rings (SSSR count). The molecular formula is C16H16Cl2N2O3S. The van der Waals surface area contributed by atoms with Crippen molar-refractivity contribution in [3.63, 3.8) is 0 Å². The molecule has 24 heavy (non-hydrogen) atoms. The molecule has 0 saturated heterocycles. The zero-order chi connectivity index (χ0) is 17.7. The van der Waals surface area contributed by atoms with E-state index in [0.717, 1.165) is 4.31 Å². The topological polar surface area (TPSA) is 66.5 Å². The van der Waals surface area contributed by atoms with Gasteiger partial charge in [0.05, 0.1) is 22.2 Å².